The van der Waals surface area contributed by atoms with E-state index in [-0.39, 0.29) is 35.0 Å². The van der Waals surface area contributed by atoms with Gasteiger partial charge < -0.3 is 13.7 Å². The van der Waals surface area contributed by atoms with Crippen LogP contribution in [0.25, 0.3) is 5.52 Å². The van der Waals surface area contributed by atoms with Gasteiger partial charge in [0.05, 0.1) is 17.1 Å². The number of hydrogen-bond acceptors (Lipinski definition) is 4. The smallest absolute Gasteiger partial charge is 0.279 e. The van der Waals surface area contributed by atoms with Gasteiger partial charge in [-0.1, -0.05) is 48.0 Å². The summed E-state index contributed by atoms with van der Waals surface area (Å²) in [5.41, 5.74) is 0.198. The number of rotatable bonds is 6. The van der Waals surface area contributed by atoms with Crippen molar-refractivity contribution in [2.24, 2.45) is 0 Å². The van der Waals surface area contributed by atoms with Gasteiger partial charge >= 0.3 is 0 Å². The minimum atomic E-state index is -0.645. The quantitative estimate of drug-likeness (QED) is 0.413. The Balaban J connectivity index is 1.84. The van der Waals surface area contributed by atoms with Crippen LogP contribution in [0.3, 0.4) is 0 Å². The maximum absolute atomic E-state index is 13.5. The van der Waals surface area contributed by atoms with Crippen LogP contribution in [0, 0.1) is 5.82 Å². The van der Waals surface area contributed by atoms with Gasteiger partial charge in [0.1, 0.15) is 12.4 Å². The van der Waals surface area contributed by atoms with E-state index in [1.165, 1.54) is 46.5 Å². The zero-order chi connectivity index (χ0) is 22.8. The van der Waals surface area contributed by atoms with E-state index in [2.05, 4.69) is 0 Å². The number of aromatic nitrogens is 2. The molecule has 2 heterocycles. The molecule has 2 aromatic carbocycles. The molecule has 0 saturated heterocycles. The average molecular weight is 453 g/mol. The van der Waals surface area contributed by atoms with Crippen molar-refractivity contribution in [3.8, 4) is 5.75 Å². The molecule has 32 heavy (non-hydrogen) atoms. The Morgan fingerprint density at radius 3 is 2.50 bits per heavy atom. The fraction of sp³-hybridized carbons (Fsp3) is 0.125. The second-order valence-electron chi connectivity index (χ2n) is 7.27. The average Bonchev–Trinajstić information content (AvgIpc) is 2.78. The lowest BCUT2D eigenvalue weighted by Gasteiger charge is -2.14. The number of halogens is 2. The number of benzene rings is 2. The number of fused-ring (bicyclic) bond motifs is 1. The van der Waals surface area contributed by atoms with Crippen molar-refractivity contribution >= 4 is 22.9 Å². The maximum atomic E-state index is 13.5. The predicted molar refractivity (Wildman–Crippen MR) is 119 cm³/mol. The Bertz CT molecular complexity index is 1440. The Morgan fingerprint density at radius 1 is 1.06 bits per heavy atom. The highest BCUT2D eigenvalue weighted by Crippen LogP contribution is 2.18. The second kappa shape index (κ2) is 8.80. The molecule has 0 bridgehead atoms. The molecule has 0 spiro atoms. The molecule has 0 radical (unpaired) electrons. The molecule has 0 atom stereocenters. The van der Waals surface area contributed by atoms with Gasteiger partial charge in [-0.15, -0.1) is 0 Å². The fourth-order valence-electron chi connectivity index (χ4n) is 3.36. The molecule has 8 heteroatoms. The van der Waals surface area contributed by atoms with E-state index in [1.54, 1.807) is 6.20 Å². The molecular weight excluding hydrogens is 435 g/mol. The number of carbonyl (C=O) groups excluding carboxylic acids is 1. The summed E-state index contributed by atoms with van der Waals surface area (Å²) in [6, 6.07) is 13.3. The van der Waals surface area contributed by atoms with Gasteiger partial charge in [-0.2, -0.15) is 0 Å². The molecule has 0 unspecified atom stereocenters. The zero-order valence-electron chi connectivity index (χ0n) is 17.0. The first-order valence-electron chi connectivity index (χ1n) is 9.75. The lowest BCUT2D eigenvalue weighted by Crippen LogP contribution is -2.27. The summed E-state index contributed by atoms with van der Waals surface area (Å²) in [5, 5.41) is -0.0504. The number of Topliss-reactive ketones (excluding diaryl/α,β-unsaturated/α-hetero) is 1. The lowest BCUT2D eigenvalue weighted by atomic mass is 10.1. The van der Waals surface area contributed by atoms with E-state index < -0.39 is 22.6 Å². The van der Waals surface area contributed by atoms with Crippen LogP contribution in [0.15, 0.2) is 76.7 Å². The summed E-state index contributed by atoms with van der Waals surface area (Å²) < 4.78 is 22.0. The van der Waals surface area contributed by atoms with Crippen LogP contribution >= 0.6 is 11.6 Å². The third-order valence-electron chi connectivity index (χ3n) is 5.01. The van der Waals surface area contributed by atoms with Crippen molar-refractivity contribution < 1.29 is 13.9 Å². The zero-order valence-corrected chi connectivity index (χ0v) is 17.8. The van der Waals surface area contributed by atoms with Crippen molar-refractivity contribution in [3.63, 3.8) is 0 Å². The highest BCUT2D eigenvalue weighted by atomic mass is 35.5. The van der Waals surface area contributed by atoms with Crippen LogP contribution in [0.5, 0.6) is 5.75 Å². The highest BCUT2D eigenvalue weighted by molar-refractivity contribution is 6.30. The molecule has 0 aliphatic carbocycles. The molecule has 0 aliphatic rings. The number of carbonyl (C=O) groups is 1. The van der Waals surface area contributed by atoms with E-state index >= 15 is 0 Å². The van der Waals surface area contributed by atoms with Crippen molar-refractivity contribution in [1.29, 1.82) is 0 Å². The molecule has 0 amide bonds. The molecule has 0 aliphatic heterocycles. The largest absolute Gasteiger partial charge is 0.483 e. The third-order valence-corrected chi connectivity index (χ3v) is 5.29. The van der Waals surface area contributed by atoms with Gasteiger partial charge in [-0.3, -0.25) is 14.4 Å². The summed E-state index contributed by atoms with van der Waals surface area (Å²) in [5.74, 6) is -1.18. The molecule has 4 aromatic rings. The van der Waals surface area contributed by atoms with Crippen molar-refractivity contribution in [1.82, 2.24) is 8.97 Å². The number of hydrogen-bond donors (Lipinski definition) is 0. The van der Waals surface area contributed by atoms with Crippen molar-refractivity contribution in [3.05, 3.63) is 115 Å². The van der Waals surface area contributed by atoms with Crippen LogP contribution in [0.2, 0.25) is 5.02 Å². The molecule has 0 N–H and O–H groups in total. The number of ketones is 1. The molecule has 4 rings (SSSR count). The number of ether oxygens (including phenoxy) is 1. The summed E-state index contributed by atoms with van der Waals surface area (Å²) in [6.07, 6.45) is 4.40. The first-order valence-corrected chi connectivity index (χ1v) is 10.1. The Labute approximate surface area is 187 Å². The molecular formula is C24H18ClFN2O4. The normalized spacial score (nSPS) is 11.0. The third kappa shape index (κ3) is 4.20. The van der Waals surface area contributed by atoms with E-state index in [0.717, 1.165) is 5.56 Å². The maximum Gasteiger partial charge on any atom is 0.279 e. The summed E-state index contributed by atoms with van der Waals surface area (Å²) in [6.45, 7) is 1.44. The molecule has 2 aromatic heterocycles. The first kappa shape index (κ1) is 21.5. The van der Waals surface area contributed by atoms with Crippen LogP contribution in [-0.4, -0.2) is 14.8 Å². The van der Waals surface area contributed by atoms with Gasteiger partial charge in [0.2, 0.25) is 5.43 Å². The van der Waals surface area contributed by atoms with Crippen LogP contribution in [0.1, 0.15) is 28.4 Å². The van der Waals surface area contributed by atoms with E-state index in [1.807, 2.05) is 30.3 Å². The standard InChI is InChI=1S/C24H18ClFN2O4/c1-15(29)18-13-27-9-10-28(12-17-7-8-20(26)19(25)11-17)24(31)21(27)23(22(18)30)32-14-16-5-3-2-4-6-16/h2-11,13H,12,14H2,1H3. The van der Waals surface area contributed by atoms with Crippen molar-refractivity contribution in [2.45, 2.75) is 20.1 Å². The number of nitrogens with zero attached hydrogens (tertiary/aromatic N) is 2. The number of pyridine rings is 1. The lowest BCUT2D eigenvalue weighted by molar-refractivity contribution is 0.101. The van der Waals surface area contributed by atoms with Crippen LogP contribution < -0.4 is 15.7 Å². The van der Waals surface area contributed by atoms with Crippen LogP contribution in [-0.2, 0) is 13.2 Å². The van der Waals surface area contributed by atoms with E-state index in [9.17, 15) is 18.8 Å². The van der Waals surface area contributed by atoms with E-state index in [4.69, 9.17) is 16.3 Å². The summed E-state index contributed by atoms with van der Waals surface area (Å²) in [4.78, 5) is 38.3. The molecule has 0 fully saturated rings. The Morgan fingerprint density at radius 2 is 1.81 bits per heavy atom. The SMILES string of the molecule is CC(=O)c1cn2ccn(Cc3ccc(F)c(Cl)c3)c(=O)c2c(OCc2ccccc2)c1=O. The van der Waals surface area contributed by atoms with Gasteiger partial charge in [0, 0.05) is 18.6 Å². The van der Waals surface area contributed by atoms with Gasteiger partial charge in [0.25, 0.3) is 5.56 Å². The minimum Gasteiger partial charge on any atom is -0.483 e. The fourth-order valence-corrected chi connectivity index (χ4v) is 3.57. The Kier molecular flexibility index (Phi) is 5.92. The van der Waals surface area contributed by atoms with E-state index in [0.29, 0.717) is 5.56 Å². The summed E-state index contributed by atoms with van der Waals surface area (Å²) in [7, 11) is 0. The summed E-state index contributed by atoms with van der Waals surface area (Å²) >= 11 is 5.85. The highest BCUT2D eigenvalue weighted by Gasteiger charge is 2.19. The topological polar surface area (TPSA) is 69.8 Å². The first-order chi connectivity index (χ1) is 15.3. The van der Waals surface area contributed by atoms with Crippen molar-refractivity contribution in [2.75, 3.05) is 0 Å². The molecule has 162 valence electrons. The second-order valence-corrected chi connectivity index (χ2v) is 7.67. The van der Waals surface area contributed by atoms with Gasteiger partial charge in [-0.05, 0) is 30.2 Å². The molecule has 0 saturated carbocycles. The Hall–Kier alpha value is -3.71. The predicted octanol–water partition coefficient (Wildman–Crippen LogP) is 4.08. The molecule has 6 nitrogen and oxygen atoms in total. The van der Waals surface area contributed by atoms with Gasteiger partial charge in [-0.25, -0.2) is 4.39 Å². The van der Waals surface area contributed by atoms with Crippen LogP contribution in [0.4, 0.5) is 4.39 Å². The minimum absolute atomic E-state index is 0.00615. The monoisotopic (exact) mass is 452 g/mol. The van der Waals surface area contributed by atoms with Gasteiger partial charge in [0.15, 0.2) is 17.0 Å².